The van der Waals surface area contributed by atoms with Gasteiger partial charge >= 0.3 is 5.97 Å². The van der Waals surface area contributed by atoms with Crippen LogP contribution < -0.4 is 5.32 Å². The summed E-state index contributed by atoms with van der Waals surface area (Å²) < 4.78 is 4.62. The fraction of sp³-hybridized carbons (Fsp3) is 0.308. The predicted octanol–water partition coefficient (Wildman–Crippen LogP) is 0.847. The van der Waals surface area contributed by atoms with E-state index in [1.807, 2.05) is 0 Å². The Morgan fingerprint density at radius 1 is 1.24 bits per heavy atom. The molecule has 0 saturated carbocycles. The molecule has 1 rings (SSSR count). The third-order valence-electron chi connectivity index (χ3n) is 2.39. The summed E-state index contributed by atoms with van der Waals surface area (Å²) >= 11 is 0. The van der Waals surface area contributed by atoms with Gasteiger partial charge in [0.05, 0.1) is 11.3 Å². The molecule has 0 radical (unpaired) electrons. The van der Waals surface area contributed by atoms with Crippen LogP contribution >= 0.6 is 0 Å². The molecule has 1 aromatic carbocycles. The lowest BCUT2D eigenvalue weighted by Gasteiger charge is -2.05. The Kier molecular flexibility index (Phi) is 5.99. The van der Waals surface area contributed by atoms with Crippen LogP contribution in [0.15, 0.2) is 24.3 Å². The highest BCUT2D eigenvalue weighted by Crippen LogP contribution is 2.11. The van der Waals surface area contributed by atoms with Crippen molar-refractivity contribution >= 4 is 23.3 Å². The summed E-state index contributed by atoms with van der Waals surface area (Å²) in [5, 5.41) is 12.9. The zero-order valence-electron chi connectivity index (χ0n) is 11.3. The number of ketones is 1. The van der Waals surface area contributed by atoms with Crippen LogP contribution in [0.1, 0.15) is 23.7 Å². The molecule has 0 atom stereocenters. The van der Waals surface area contributed by atoms with Crippen LogP contribution in [0.5, 0.6) is 0 Å². The first-order valence-electron chi connectivity index (χ1n) is 6.08. The Hall–Kier alpha value is -2.77. The lowest BCUT2D eigenvalue weighted by Crippen LogP contribution is -2.26. The molecule has 0 aliphatic rings. The van der Waals surface area contributed by atoms with Gasteiger partial charge in [-0.05, 0) is 19.1 Å². The van der Waals surface area contributed by atoms with E-state index in [-0.39, 0.29) is 36.6 Å². The maximum absolute atomic E-state index is 11.7. The van der Waals surface area contributed by atoms with Crippen molar-refractivity contribution in [2.75, 3.05) is 13.2 Å². The van der Waals surface area contributed by atoms with Gasteiger partial charge < -0.3 is 10.1 Å². The van der Waals surface area contributed by atoms with Crippen molar-refractivity contribution < 1.29 is 24.0 Å². The molecular formula is C13H14N2O6. The van der Waals surface area contributed by atoms with Crippen molar-refractivity contribution in [1.29, 1.82) is 0 Å². The van der Waals surface area contributed by atoms with Crippen molar-refractivity contribution in [3.05, 3.63) is 39.9 Å². The summed E-state index contributed by atoms with van der Waals surface area (Å²) in [5.41, 5.74) is 0.136. The number of benzene rings is 1. The normalized spacial score (nSPS) is 9.76. The SMILES string of the molecule is CC(=O)COC(=O)CCNC(=O)c1ccc([N+](=O)[O-])cc1. The number of rotatable bonds is 7. The number of nitrogens with one attached hydrogen (secondary N) is 1. The third kappa shape index (κ3) is 5.81. The number of carbonyl (C=O) groups excluding carboxylic acids is 3. The second kappa shape index (κ2) is 7.73. The number of non-ortho nitro benzene ring substituents is 1. The van der Waals surface area contributed by atoms with Gasteiger partial charge in [0.25, 0.3) is 11.6 Å². The number of Topliss-reactive ketones (excluding diaryl/α,β-unsaturated/α-hetero) is 1. The number of hydrogen-bond acceptors (Lipinski definition) is 6. The molecule has 1 N–H and O–H groups in total. The van der Waals surface area contributed by atoms with E-state index >= 15 is 0 Å². The zero-order chi connectivity index (χ0) is 15.8. The number of esters is 1. The number of nitro benzene ring substituents is 1. The summed E-state index contributed by atoms with van der Waals surface area (Å²) in [5.74, 6) is -1.31. The van der Waals surface area contributed by atoms with E-state index in [1.165, 1.54) is 31.2 Å². The minimum Gasteiger partial charge on any atom is -0.458 e. The molecule has 1 amide bonds. The minimum absolute atomic E-state index is 0.0482. The van der Waals surface area contributed by atoms with Crippen LogP contribution in [0, 0.1) is 10.1 Å². The first-order valence-corrected chi connectivity index (χ1v) is 6.08. The van der Waals surface area contributed by atoms with Crippen LogP contribution in [-0.4, -0.2) is 35.7 Å². The molecule has 0 unspecified atom stereocenters. The number of hydrogen-bond donors (Lipinski definition) is 1. The van der Waals surface area contributed by atoms with Crippen molar-refractivity contribution in [3.63, 3.8) is 0 Å². The summed E-state index contributed by atoms with van der Waals surface area (Å²) in [7, 11) is 0. The number of nitrogens with zero attached hydrogens (tertiary/aromatic N) is 1. The van der Waals surface area contributed by atoms with E-state index in [4.69, 9.17) is 0 Å². The van der Waals surface area contributed by atoms with Crippen LogP contribution in [0.4, 0.5) is 5.69 Å². The molecule has 0 saturated heterocycles. The maximum atomic E-state index is 11.7. The second-order valence-electron chi connectivity index (χ2n) is 4.17. The summed E-state index contributed by atoms with van der Waals surface area (Å²) in [6.07, 6.45) is -0.0635. The van der Waals surface area contributed by atoms with Gasteiger partial charge in [-0.25, -0.2) is 0 Å². The van der Waals surface area contributed by atoms with Gasteiger partial charge in [0, 0.05) is 24.2 Å². The molecule has 0 fully saturated rings. The van der Waals surface area contributed by atoms with E-state index in [1.54, 1.807) is 0 Å². The first-order chi connectivity index (χ1) is 9.90. The summed E-state index contributed by atoms with van der Waals surface area (Å²) in [4.78, 5) is 43.4. The van der Waals surface area contributed by atoms with Gasteiger partial charge in [-0.2, -0.15) is 0 Å². The van der Waals surface area contributed by atoms with E-state index < -0.39 is 16.8 Å². The molecule has 21 heavy (non-hydrogen) atoms. The Balaban J connectivity index is 2.38. The summed E-state index contributed by atoms with van der Waals surface area (Å²) in [6.45, 7) is 1.06. The van der Waals surface area contributed by atoms with Crippen molar-refractivity contribution in [2.24, 2.45) is 0 Å². The fourth-order valence-electron chi connectivity index (χ4n) is 1.37. The summed E-state index contributed by atoms with van der Waals surface area (Å²) in [6, 6.07) is 5.08. The molecule has 8 heteroatoms. The number of nitro groups is 1. The Morgan fingerprint density at radius 3 is 2.38 bits per heavy atom. The molecule has 8 nitrogen and oxygen atoms in total. The highest BCUT2D eigenvalue weighted by molar-refractivity contribution is 5.94. The van der Waals surface area contributed by atoms with Crippen molar-refractivity contribution in [3.8, 4) is 0 Å². The second-order valence-corrected chi connectivity index (χ2v) is 4.17. The van der Waals surface area contributed by atoms with E-state index in [0.717, 1.165) is 0 Å². The Bertz CT molecular complexity index is 552. The number of amides is 1. The van der Waals surface area contributed by atoms with E-state index in [9.17, 15) is 24.5 Å². The average molecular weight is 294 g/mol. The first kappa shape index (κ1) is 16.3. The smallest absolute Gasteiger partial charge is 0.308 e. The molecule has 0 bridgehead atoms. The maximum Gasteiger partial charge on any atom is 0.308 e. The van der Waals surface area contributed by atoms with Crippen LogP contribution in [0.25, 0.3) is 0 Å². The largest absolute Gasteiger partial charge is 0.458 e. The van der Waals surface area contributed by atoms with Gasteiger partial charge in [-0.3, -0.25) is 24.5 Å². The lowest BCUT2D eigenvalue weighted by atomic mass is 10.2. The molecular weight excluding hydrogens is 280 g/mol. The Labute approximate surface area is 120 Å². The highest BCUT2D eigenvalue weighted by Gasteiger charge is 2.10. The lowest BCUT2D eigenvalue weighted by molar-refractivity contribution is -0.384. The molecule has 0 aliphatic carbocycles. The number of ether oxygens (including phenoxy) is 1. The van der Waals surface area contributed by atoms with E-state index in [2.05, 4.69) is 10.1 Å². The van der Waals surface area contributed by atoms with Crippen molar-refractivity contribution in [1.82, 2.24) is 5.32 Å². The molecule has 0 heterocycles. The van der Waals surface area contributed by atoms with Crippen LogP contribution in [-0.2, 0) is 14.3 Å². The van der Waals surface area contributed by atoms with Gasteiger partial charge in [-0.1, -0.05) is 0 Å². The van der Waals surface area contributed by atoms with Crippen LogP contribution in [0.2, 0.25) is 0 Å². The number of carbonyl (C=O) groups is 3. The predicted molar refractivity (Wildman–Crippen MR) is 71.7 cm³/mol. The molecule has 112 valence electrons. The topological polar surface area (TPSA) is 116 Å². The fourth-order valence-corrected chi connectivity index (χ4v) is 1.37. The molecule has 0 aromatic heterocycles. The monoisotopic (exact) mass is 294 g/mol. The van der Waals surface area contributed by atoms with E-state index in [0.29, 0.717) is 0 Å². The zero-order valence-corrected chi connectivity index (χ0v) is 11.3. The molecule has 1 aromatic rings. The quantitative estimate of drug-likeness (QED) is 0.452. The minimum atomic E-state index is -0.589. The van der Waals surface area contributed by atoms with Gasteiger partial charge in [0.2, 0.25) is 0 Å². The highest BCUT2D eigenvalue weighted by atomic mass is 16.6. The molecule has 0 aliphatic heterocycles. The third-order valence-corrected chi connectivity index (χ3v) is 2.39. The standard InChI is InChI=1S/C13H14N2O6/c1-9(16)8-21-12(17)6-7-14-13(18)10-2-4-11(5-3-10)15(19)20/h2-5H,6-8H2,1H3,(H,14,18). The van der Waals surface area contributed by atoms with Crippen LogP contribution in [0.3, 0.4) is 0 Å². The molecule has 0 spiro atoms. The average Bonchev–Trinajstić information content (AvgIpc) is 2.45. The van der Waals surface area contributed by atoms with Gasteiger partial charge in [0.15, 0.2) is 5.78 Å². The van der Waals surface area contributed by atoms with Crippen molar-refractivity contribution in [2.45, 2.75) is 13.3 Å². The van der Waals surface area contributed by atoms with Gasteiger partial charge in [0.1, 0.15) is 6.61 Å². The Morgan fingerprint density at radius 2 is 1.86 bits per heavy atom. The van der Waals surface area contributed by atoms with Gasteiger partial charge in [-0.15, -0.1) is 0 Å².